The minimum Gasteiger partial charge on any atom is -0.343 e. The Bertz CT molecular complexity index is 313. The van der Waals surface area contributed by atoms with E-state index in [1.165, 1.54) is 0 Å². The summed E-state index contributed by atoms with van der Waals surface area (Å²) >= 11 is 0. The van der Waals surface area contributed by atoms with Gasteiger partial charge in [0.05, 0.1) is 0 Å². The van der Waals surface area contributed by atoms with E-state index >= 15 is 0 Å². The molecule has 104 valence electrons. The minimum atomic E-state index is -0.326. The third-order valence-corrected chi connectivity index (χ3v) is 3.34. The second-order valence-electron chi connectivity index (χ2n) is 5.83. The Labute approximate surface area is 110 Å². The lowest BCUT2D eigenvalue weighted by molar-refractivity contribution is -0.152. The standard InChI is InChI=1S/C14H26N2O2/c1-6-7-11-14(18)16(10(4)5)12(8-9(2)3)13(17)15-11/h9-12H,6-8H2,1-5H3,(H,15,17). The molecule has 1 saturated heterocycles. The summed E-state index contributed by atoms with van der Waals surface area (Å²) in [6.45, 7) is 10.1. The summed E-state index contributed by atoms with van der Waals surface area (Å²) in [6, 6.07) is -0.550. The second kappa shape index (κ2) is 6.21. The van der Waals surface area contributed by atoms with Crippen LogP contribution in [0.15, 0.2) is 0 Å². The smallest absolute Gasteiger partial charge is 0.246 e. The van der Waals surface area contributed by atoms with Gasteiger partial charge in [-0.25, -0.2) is 0 Å². The van der Waals surface area contributed by atoms with Crippen molar-refractivity contribution in [3.63, 3.8) is 0 Å². The van der Waals surface area contributed by atoms with Crippen molar-refractivity contribution in [2.24, 2.45) is 5.92 Å². The van der Waals surface area contributed by atoms with Crippen LogP contribution >= 0.6 is 0 Å². The first-order valence-corrected chi connectivity index (χ1v) is 7.01. The van der Waals surface area contributed by atoms with Gasteiger partial charge in [0.25, 0.3) is 0 Å². The molecular weight excluding hydrogens is 228 g/mol. The monoisotopic (exact) mass is 254 g/mol. The molecule has 1 rings (SSSR count). The summed E-state index contributed by atoms with van der Waals surface area (Å²) in [6.07, 6.45) is 2.36. The Kier molecular flexibility index (Phi) is 5.17. The number of carbonyl (C=O) groups excluding carboxylic acids is 2. The summed E-state index contributed by atoms with van der Waals surface area (Å²) in [4.78, 5) is 26.4. The SMILES string of the molecule is CCCC1NC(=O)C(CC(C)C)N(C(C)C)C1=O. The molecule has 1 heterocycles. The molecule has 1 aliphatic heterocycles. The topological polar surface area (TPSA) is 49.4 Å². The third-order valence-electron chi connectivity index (χ3n) is 3.34. The van der Waals surface area contributed by atoms with E-state index < -0.39 is 0 Å². The summed E-state index contributed by atoms with van der Waals surface area (Å²) in [5.74, 6) is 0.491. The molecule has 0 spiro atoms. The quantitative estimate of drug-likeness (QED) is 0.815. The van der Waals surface area contributed by atoms with Gasteiger partial charge in [-0.15, -0.1) is 0 Å². The molecule has 2 unspecified atom stereocenters. The van der Waals surface area contributed by atoms with Gasteiger partial charge in [0.15, 0.2) is 0 Å². The fourth-order valence-electron chi connectivity index (χ4n) is 2.56. The molecule has 2 atom stereocenters. The Balaban J connectivity index is 2.92. The van der Waals surface area contributed by atoms with Crippen LogP contribution in [0.1, 0.15) is 53.9 Å². The number of nitrogens with zero attached hydrogens (tertiary/aromatic N) is 1. The molecule has 0 aromatic rings. The highest BCUT2D eigenvalue weighted by Gasteiger charge is 2.41. The van der Waals surface area contributed by atoms with Crippen molar-refractivity contribution < 1.29 is 9.59 Å². The highest BCUT2D eigenvalue weighted by molar-refractivity contribution is 5.97. The first-order chi connectivity index (χ1) is 8.38. The maximum atomic E-state index is 12.4. The highest BCUT2D eigenvalue weighted by atomic mass is 16.2. The first kappa shape index (κ1) is 15.0. The fourth-order valence-corrected chi connectivity index (χ4v) is 2.56. The summed E-state index contributed by atoms with van der Waals surface area (Å²) < 4.78 is 0. The number of rotatable bonds is 5. The van der Waals surface area contributed by atoms with E-state index in [2.05, 4.69) is 19.2 Å². The molecule has 0 bridgehead atoms. The van der Waals surface area contributed by atoms with Crippen molar-refractivity contribution in [3.8, 4) is 0 Å². The Morgan fingerprint density at radius 1 is 1.22 bits per heavy atom. The molecule has 1 aliphatic rings. The van der Waals surface area contributed by atoms with Gasteiger partial charge in [0, 0.05) is 6.04 Å². The molecule has 18 heavy (non-hydrogen) atoms. The van der Waals surface area contributed by atoms with E-state index in [0.717, 1.165) is 19.3 Å². The average molecular weight is 254 g/mol. The van der Waals surface area contributed by atoms with Gasteiger partial charge in [0.2, 0.25) is 11.8 Å². The molecule has 4 nitrogen and oxygen atoms in total. The van der Waals surface area contributed by atoms with Gasteiger partial charge in [-0.2, -0.15) is 0 Å². The molecule has 2 amide bonds. The highest BCUT2D eigenvalue weighted by Crippen LogP contribution is 2.21. The average Bonchev–Trinajstić information content (AvgIpc) is 2.24. The molecule has 4 heteroatoms. The zero-order chi connectivity index (χ0) is 13.9. The van der Waals surface area contributed by atoms with E-state index in [1.807, 2.05) is 20.8 Å². The van der Waals surface area contributed by atoms with Crippen LogP contribution in [-0.2, 0) is 9.59 Å². The molecule has 1 N–H and O–H groups in total. The van der Waals surface area contributed by atoms with Gasteiger partial charge in [-0.05, 0) is 32.6 Å². The Morgan fingerprint density at radius 3 is 2.28 bits per heavy atom. The second-order valence-corrected chi connectivity index (χ2v) is 5.83. The number of amides is 2. The lowest BCUT2D eigenvalue weighted by atomic mass is 9.95. The van der Waals surface area contributed by atoms with Crippen LogP contribution in [0.25, 0.3) is 0 Å². The van der Waals surface area contributed by atoms with Crippen LogP contribution in [0.2, 0.25) is 0 Å². The maximum Gasteiger partial charge on any atom is 0.246 e. The summed E-state index contributed by atoms with van der Waals surface area (Å²) in [5.41, 5.74) is 0. The third kappa shape index (κ3) is 3.24. The zero-order valence-corrected chi connectivity index (χ0v) is 12.2. The number of carbonyl (C=O) groups is 2. The van der Waals surface area contributed by atoms with Crippen molar-refractivity contribution in [2.45, 2.75) is 72.0 Å². The van der Waals surface area contributed by atoms with Crippen LogP contribution in [0.5, 0.6) is 0 Å². The van der Waals surface area contributed by atoms with Gasteiger partial charge >= 0.3 is 0 Å². The Hall–Kier alpha value is -1.06. The Morgan fingerprint density at radius 2 is 1.83 bits per heavy atom. The van der Waals surface area contributed by atoms with Crippen LogP contribution < -0.4 is 5.32 Å². The number of piperazine rings is 1. The van der Waals surface area contributed by atoms with Crippen LogP contribution in [0, 0.1) is 5.92 Å². The predicted molar refractivity (Wildman–Crippen MR) is 72.1 cm³/mol. The molecule has 0 radical (unpaired) electrons. The van der Waals surface area contributed by atoms with Crippen LogP contribution in [-0.4, -0.2) is 34.8 Å². The fraction of sp³-hybridized carbons (Fsp3) is 0.857. The van der Waals surface area contributed by atoms with Crippen LogP contribution in [0.4, 0.5) is 0 Å². The largest absolute Gasteiger partial charge is 0.343 e. The predicted octanol–water partition coefficient (Wildman–Crippen LogP) is 1.94. The number of hydrogen-bond acceptors (Lipinski definition) is 2. The lowest BCUT2D eigenvalue weighted by Crippen LogP contribution is -2.65. The number of nitrogens with one attached hydrogen (secondary N) is 1. The van der Waals surface area contributed by atoms with E-state index in [0.29, 0.717) is 5.92 Å². The molecule has 0 aromatic carbocycles. The van der Waals surface area contributed by atoms with Crippen molar-refractivity contribution in [3.05, 3.63) is 0 Å². The van der Waals surface area contributed by atoms with Crippen molar-refractivity contribution in [1.29, 1.82) is 0 Å². The summed E-state index contributed by atoms with van der Waals surface area (Å²) in [5, 5.41) is 2.88. The minimum absolute atomic E-state index is 0.00968. The normalized spacial score (nSPS) is 24.9. The van der Waals surface area contributed by atoms with E-state index in [1.54, 1.807) is 4.90 Å². The van der Waals surface area contributed by atoms with E-state index in [9.17, 15) is 9.59 Å². The van der Waals surface area contributed by atoms with Crippen molar-refractivity contribution >= 4 is 11.8 Å². The molecular formula is C14H26N2O2. The first-order valence-electron chi connectivity index (χ1n) is 7.01. The lowest BCUT2D eigenvalue weighted by Gasteiger charge is -2.42. The van der Waals surface area contributed by atoms with E-state index in [-0.39, 0.29) is 29.9 Å². The molecule has 0 saturated carbocycles. The molecule has 1 fully saturated rings. The summed E-state index contributed by atoms with van der Waals surface area (Å²) in [7, 11) is 0. The number of hydrogen-bond donors (Lipinski definition) is 1. The molecule has 0 aliphatic carbocycles. The van der Waals surface area contributed by atoms with Gasteiger partial charge in [-0.3, -0.25) is 9.59 Å². The van der Waals surface area contributed by atoms with Gasteiger partial charge in [-0.1, -0.05) is 27.2 Å². The zero-order valence-electron chi connectivity index (χ0n) is 12.2. The van der Waals surface area contributed by atoms with Crippen molar-refractivity contribution in [1.82, 2.24) is 10.2 Å². The van der Waals surface area contributed by atoms with Gasteiger partial charge in [0.1, 0.15) is 12.1 Å². The van der Waals surface area contributed by atoms with Crippen molar-refractivity contribution in [2.75, 3.05) is 0 Å². The van der Waals surface area contributed by atoms with Crippen LogP contribution in [0.3, 0.4) is 0 Å². The molecule has 0 aromatic heterocycles. The van der Waals surface area contributed by atoms with E-state index in [4.69, 9.17) is 0 Å². The van der Waals surface area contributed by atoms with Gasteiger partial charge < -0.3 is 10.2 Å². The maximum absolute atomic E-state index is 12.4.